The van der Waals surface area contributed by atoms with E-state index in [9.17, 15) is 10.1 Å². The largest absolute Gasteiger partial charge is 0.370 e. The first-order valence-electron chi connectivity index (χ1n) is 6.74. The number of pyridine rings is 1. The highest BCUT2D eigenvalue weighted by Gasteiger charge is 2.14. The van der Waals surface area contributed by atoms with E-state index in [0.717, 1.165) is 13.0 Å². The third kappa shape index (κ3) is 4.16. The van der Waals surface area contributed by atoms with E-state index in [1.165, 1.54) is 17.0 Å². The molecule has 0 saturated heterocycles. The quantitative estimate of drug-likeness (QED) is 0.626. The Hall–Kier alpha value is -2.15. The molecule has 0 aromatic carbocycles. The third-order valence-corrected chi connectivity index (χ3v) is 3.79. The Labute approximate surface area is 127 Å². The Bertz CT molecular complexity index is 601. The van der Waals surface area contributed by atoms with Gasteiger partial charge in [-0.25, -0.2) is 4.98 Å². The molecule has 0 aliphatic heterocycles. The van der Waals surface area contributed by atoms with Gasteiger partial charge in [-0.3, -0.25) is 10.1 Å². The average Bonchev–Trinajstić information content (AvgIpc) is 2.97. The topological polar surface area (TPSA) is 71.3 Å². The first-order valence-corrected chi connectivity index (χ1v) is 7.62. The fourth-order valence-electron chi connectivity index (χ4n) is 1.86. The highest BCUT2D eigenvalue weighted by Crippen LogP contribution is 2.24. The van der Waals surface area contributed by atoms with Crippen molar-refractivity contribution in [3.05, 3.63) is 44.6 Å². The molecule has 0 bridgehead atoms. The number of nitrogens with zero attached hydrogens (tertiary/aromatic N) is 3. The van der Waals surface area contributed by atoms with Gasteiger partial charge in [-0.2, -0.15) is 0 Å². The Morgan fingerprint density at radius 1 is 1.48 bits per heavy atom. The zero-order chi connectivity index (χ0) is 15.2. The molecule has 112 valence electrons. The van der Waals surface area contributed by atoms with Gasteiger partial charge in [-0.05, 0) is 17.9 Å². The van der Waals surface area contributed by atoms with Gasteiger partial charge in [0.15, 0.2) is 0 Å². The highest BCUT2D eigenvalue weighted by atomic mass is 32.1. The van der Waals surface area contributed by atoms with Crippen molar-refractivity contribution < 1.29 is 4.92 Å². The third-order valence-electron chi connectivity index (χ3n) is 2.93. The van der Waals surface area contributed by atoms with E-state index in [0.29, 0.717) is 18.2 Å². The molecule has 1 N–H and O–H groups in total. The van der Waals surface area contributed by atoms with Crippen LogP contribution in [-0.2, 0) is 6.54 Å². The predicted molar refractivity (Wildman–Crippen MR) is 86.1 cm³/mol. The summed E-state index contributed by atoms with van der Waals surface area (Å²) in [4.78, 5) is 18.2. The lowest BCUT2D eigenvalue weighted by Gasteiger charge is -2.18. The molecule has 2 heterocycles. The molecule has 0 unspecified atom stereocenters. The van der Waals surface area contributed by atoms with E-state index in [2.05, 4.69) is 10.3 Å². The minimum Gasteiger partial charge on any atom is -0.370 e. The van der Waals surface area contributed by atoms with Crippen LogP contribution in [0.5, 0.6) is 0 Å². The van der Waals surface area contributed by atoms with Crippen molar-refractivity contribution in [2.75, 3.05) is 23.8 Å². The van der Waals surface area contributed by atoms with Crippen LogP contribution in [0.4, 0.5) is 17.3 Å². The number of rotatable bonds is 7. The maximum atomic E-state index is 11.1. The lowest BCUT2D eigenvalue weighted by atomic mass is 10.3. The van der Waals surface area contributed by atoms with Gasteiger partial charge in [-0.15, -0.1) is 11.3 Å². The normalized spacial score (nSPS) is 10.4. The summed E-state index contributed by atoms with van der Waals surface area (Å²) in [6.45, 7) is 3.45. The van der Waals surface area contributed by atoms with Gasteiger partial charge in [0, 0.05) is 18.5 Å². The predicted octanol–water partition coefficient (Wildman–Crippen LogP) is 3.51. The zero-order valence-electron chi connectivity index (χ0n) is 12.1. The Kier molecular flexibility index (Phi) is 5.10. The molecule has 2 aromatic heterocycles. The molecule has 0 aliphatic carbocycles. The van der Waals surface area contributed by atoms with Crippen LogP contribution in [0.25, 0.3) is 0 Å². The van der Waals surface area contributed by atoms with Gasteiger partial charge in [0.05, 0.1) is 23.6 Å². The summed E-state index contributed by atoms with van der Waals surface area (Å²) in [6, 6.07) is 7.00. The van der Waals surface area contributed by atoms with Crippen LogP contribution in [0.2, 0.25) is 0 Å². The lowest BCUT2D eigenvalue weighted by molar-refractivity contribution is -0.384. The molecule has 2 aromatic rings. The molecule has 0 spiro atoms. The van der Waals surface area contributed by atoms with Gasteiger partial charge >= 0.3 is 0 Å². The molecule has 21 heavy (non-hydrogen) atoms. The smallest absolute Gasteiger partial charge is 0.276 e. The van der Waals surface area contributed by atoms with Crippen LogP contribution in [0, 0.1) is 10.1 Å². The Morgan fingerprint density at radius 2 is 2.29 bits per heavy atom. The lowest BCUT2D eigenvalue weighted by Crippen LogP contribution is -2.18. The summed E-state index contributed by atoms with van der Waals surface area (Å²) in [6.07, 6.45) is 0.935. The number of anilines is 2. The van der Waals surface area contributed by atoms with Gasteiger partial charge in [-0.1, -0.05) is 13.0 Å². The summed E-state index contributed by atoms with van der Waals surface area (Å²) < 4.78 is 0. The molecular weight excluding hydrogens is 288 g/mol. The molecule has 0 amide bonds. The summed E-state index contributed by atoms with van der Waals surface area (Å²) in [5.74, 6) is 1.13. The van der Waals surface area contributed by atoms with E-state index in [1.807, 2.05) is 36.4 Å². The molecule has 6 nitrogen and oxygen atoms in total. The van der Waals surface area contributed by atoms with E-state index in [-0.39, 0.29) is 10.6 Å². The molecule has 2 rings (SSSR count). The van der Waals surface area contributed by atoms with Crippen LogP contribution in [0.1, 0.15) is 18.2 Å². The first-order chi connectivity index (χ1) is 10.1. The Morgan fingerprint density at radius 3 is 2.90 bits per heavy atom. The monoisotopic (exact) mass is 306 g/mol. The fourth-order valence-corrected chi connectivity index (χ4v) is 2.62. The van der Waals surface area contributed by atoms with E-state index in [1.54, 1.807) is 11.3 Å². The van der Waals surface area contributed by atoms with Gasteiger partial charge in [0.25, 0.3) is 5.69 Å². The van der Waals surface area contributed by atoms with E-state index >= 15 is 0 Å². The second-order valence-corrected chi connectivity index (χ2v) is 5.72. The van der Waals surface area contributed by atoms with Crippen molar-refractivity contribution in [1.29, 1.82) is 0 Å². The van der Waals surface area contributed by atoms with Crippen molar-refractivity contribution in [2.24, 2.45) is 0 Å². The van der Waals surface area contributed by atoms with Crippen molar-refractivity contribution >= 4 is 28.7 Å². The molecule has 0 atom stereocenters. The van der Waals surface area contributed by atoms with Crippen LogP contribution in [-0.4, -0.2) is 23.5 Å². The first kappa shape index (κ1) is 15.2. The van der Waals surface area contributed by atoms with Crippen molar-refractivity contribution in [3.63, 3.8) is 0 Å². The zero-order valence-corrected chi connectivity index (χ0v) is 12.9. The van der Waals surface area contributed by atoms with Crippen LogP contribution in [0.3, 0.4) is 0 Å². The van der Waals surface area contributed by atoms with Crippen LogP contribution in [0.15, 0.2) is 29.6 Å². The molecule has 0 saturated carbocycles. The molecule has 0 fully saturated rings. The number of hydrogen-bond acceptors (Lipinski definition) is 6. The summed E-state index contributed by atoms with van der Waals surface area (Å²) in [7, 11) is 1.88. The van der Waals surface area contributed by atoms with Crippen molar-refractivity contribution in [3.8, 4) is 0 Å². The number of aromatic nitrogens is 1. The second-order valence-electron chi connectivity index (χ2n) is 4.69. The summed E-state index contributed by atoms with van der Waals surface area (Å²) in [5.41, 5.74) is 0.0524. The number of thiophene rings is 1. The van der Waals surface area contributed by atoms with Gasteiger partial charge in [0.2, 0.25) is 0 Å². The maximum absolute atomic E-state index is 11.1. The number of nitrogens with one attached hydrogen (secondary N) is 1. The molecular formula is C14H18N4O2S. The average molecular weight is 306 g/mol. The number of nitro groups is 1. The van der Waals surface area contributed by atoms with E-state index < -0.39 is 0 Å². The molecule has 7 heteroatoms. The Balaban J connectivity index is 2.23. The van der Waals surface area contributed by atoms with Crippen LogP contribution < -0.4 is 10.2 Å². The second kappa shape index (κ2) is 7.03. The molecule has 0 radical (unpaired) electrons. The fraction of sp³-hybridized carbons (Fsp3) is 0.357. The highest BCUT2D eigenvalue weighted by molar-refractivity contribution is 7.09. The summed E-state index contributed by atoms with van der Waals surface area (Å²) in [5, 5.41) is 16.2. The standard InChI is InChI=1S/C14H18N4O2S/c1-3-6-15-13-8-11(18(19)20)9-14(16-13)17(2)10-12-5-4-7-21-12/h4-5,7-9H,3,6,10H2,1-2H3,(H,15,16). The maximum Gasteiger partial charge on any atom is 0.276 e. The SMILES string of the molecule is CCCNc1cc([N+](=O)[O-])cc(N(C)Cc2cccs2)n1. The van der Waals surface area contributed by atoms with Crippen molar-refractivity contribution in [2.45, 2.75) is 19.9 Å². The number of hydrogen-bond donors (Lipinski definition) is 1. The minimum absolute atomic E-state index is 0.0524. The summed E-state index contributed by atoms with van der Waals surface area (Å²) >= 11 is 1.66. The van der Waals surface area contributed by atoms with Crippen molar-refractivity contribution in [1.82, 2.24) is 4.98 Å². The van der Waals surface area contributed by atoms with Crippen LogP contribution >= 0.6 is 11.3 Å². The van der Waals surface area contributed by atoms with Gasteiger partial charge in [0.1, 0.15) is 11.6 Å². The van der Waals surface area contributed by atoms with Gasteiger partial charge < -0.3 is 10.2 Å². The minimum atomic E-state index is -0.388. The molecule has 0 aliphatic rings. The van der Waals surface area contributed by atoms with E-state index in [4.69, 9.17) is 0 Å².